The summed E-state index contributed by atoms with van der Waals surface area (Å²) in [5, 5.41) is 0. The third-order valence-electron chi connectivity index (χ3n) is 3.19. The van der Waals surface area contributed by atoms with Gasteiger partial charge in [-0.1, -0.05) is 44.2 Å². The molecular weight excluding hydrogens is 200 g/mol. The van der Waals surface area contributed by atoms with Gasteiger partial charge in [-0.3, -0.25) is 0 Å². The van der Waals surface area contributed by atoms with Gasteiger partial charge < -0.3 is 9.47 Å². The molecule has 1 unspecified atom stereocenters. The molecule has 0 aliphatic heterocycles. The second-order valence-corrected chi connectivity index (χ2v) is 4.59. The van der Waals surface area contributed by atoms with Crippen molar-refractivity contribution in [1.29, 1.82) is 0 Å². The molecule has 1 aromatic carbocycles. The van der Waals surface area contributed by atoms with Crippen molar-refractivity contribution in [1.82, 2.24) is 0 Å². The third kappa shape index (κ3) is 3.06. The molecule has 16 heavy (non-hydrogen) atoms. The molecule has 2 heteroatoms. The summed E-state index contributed by atoms with van der Waals surface area (Å²) in [6, 6.07) is 10.5. The molecular formula is C14H22O2. The summed E-state index contributed by atoms with van der Waals surface area (Å²) >= 11 is 0. The van der Waals surface area contributed by atoms with Gasteiger partial charge in [-0.05, 0) is 12.0 Å². The lowest BCUT2D eigenvalue weighted by Gasteiger charge is -2.33. The number of rotatable bonds is 6. The maximum absolute atomic E-state index is 5.59. The zero-order chi connectivity index (χ0) is 12.0. The van der Waals surface area contributed by atoms with Gasteiger partial charge in [0.25, 0.3) is 0 Å². The van der Waals surface area contributed by atoms with Crippen LogP contribution in [0.5, 0.6) is 0 Å². The average molecular weight is 222 g/mol. The molecule has 0 spiro atoms. The van der Waals surface area contributed by atoms with Crippen molar-refractivity contribution in [2.75, 3.05) is 20.8 Å². The molecule has 1 atom stereocenters. The van der Waals surface area contributed by atoms with E-state index >= 15 is 0 Å². The van der Waals surface area contributed by atoms with Gasteiger partial charge in [-0.15, -0.1) is 0 Å². The van der Waals surface area contributed by atoms with E-state index in [2.05, 4.69) is 38.1 Å². The Balaban J connectivity index is 2.81. The van der Waals surface area contributed by atoms with Crippen LogP contribution in [-0.2, 0) is 14.9 Å². The number of hydrogen-bond acceptors (Lipinski definition) is 2. The van der Waals surface area contributed by atoms with E-state index < -0.39 is 0 Å². The van der Waals surface area contributed by atoms with Crippen LogP contribution >= 0.6 is 0 Å². The van der Waals surface area contributed by atoms with Gasteiger partial charge >= 0.3 is 0 Å². The Morgan fingerprint density at radius 3 is 2.25 bits per heavy atom. The monoisotopic (exact) mass is 222 g/mol. The van der Waals surface area contributed by atoms with Gasteiger partial charge in [0.2, 0.25) is 0 Å². The first-order valence-electron chi connectivity index (χ1n) is 5.70. The Morgan fingerprint density at radius 2 is 1.75 bits per heavy atom. The lowest BCUT2D eigenvalue weighted by Crippen LogP contribution is -2.36. The molecule has 0 aromatic heterocycles. The Hall–Kier alpha value is -0.860. The molecule has 1 rings (SSSR count). The molecule has 1 aromatic rings. The number of benzene rings is 1. The van der Waals surface area contributed by atoms with Gasteiger partial charge in [0.05, 0.1) is 6.10 Å². The molecule has 0 bridgehead atoms. The van der Waals surface area contributed by atoms with E-state index in [0.717, 1.165) is 13.0 Å². The van der Waals surface area contributed by atoms with E-state index in [1.807, 2.05) is 6.07 Å². The SMILES string of the molecule is COCCC(OC)C(C)(C)c1ccccc1. The topological polar surface area (TPSA) is 18.5 Å². The predicted molar refractivity (Wildman–Crippen MR) is 66.8 cm³/mol. The number of hydrogen-bond donors (Lipinski definition) is 0. The zero-order valence-corrected chi connectivity index (χ0v) is 10.7. The molecule has 0 aliphatic rings. The lowest BCUT2D eigenvalue weighted by molar-refractivity contribution is 0.0200. The standard InChI is InChI=1S/C14H22O2/c1-14(2,12-8-6-5-7-9-12)13(16-4)10-11-15-3/h5-9,13H,10-11H2,1-4H3. The van der Waals surface area contributed by atoms with Crippen LogP contribution < -0.4 is 0 Å². The van der Waals surface area contributed by atoms with E-state index in [1.165, 1.54) is 5.56 Å². The van der Waals surface area contributed by atoms with Gasteiger partial charge in [0.1, 0.15) is 0 Å². The van der Waals surface area contributed by atoms with E-state index in [9.17, 15) is 0 Å². The minimum Gasteiger partial charge on any atom is -0.385 e. The minimum atomic E-state index is 0.00847. The van der Waals surface area contributed by atoms with E-state index in [1.54, 1.807) is 14.2 Å². The van der Waals surface area contributed by atoms with E-state index in [-0.39, 0.29) is 11.5 Å². The fraction of sp³-hybridized carbons (Fsp3) is 0.571. The highest BCUT2D eigenvalue weighted by Crippen LogP contribution is 2.30. The summed E-state index contributed by atoms with van der Waals surface area (Å²) in [6.45, 7) is 5.16. The third-order valence-corrected chi connectivity index (χ3v) is 3.19. The van der Waals surface area contributed by atoms with Crippen molar-refractivity contribution in [2.45, 2.75) is 31.8 Å². The Labute approximate surface area is 98.6 Å². The molecule has 0 saturated heterocycles. The highest BCUT2D eigenvalue weighted by Gasteiger charge is 2.30. The van der Waals surface area contributed by atoms with E-state index in [4.69, 9.17) is 9.47 Å². The van der Waals surface area contributed by atoms with Crippen LogP contribution in [0, 0.1) is 0 Å². The summed E-state index contributed by atoms with van der Waals surface area (Å²) in [4.78, 5) is 0. The highest BCUT2D eigenvalue weighted by atomic mass is 16.5. The Kier molecular flexibility index (Phi) is 4.97. The summed E-state index contributed by atoms with van der Waals surface area (Å²) in [5.74, 6) is 0. The van der Waals surface area contributed by atoms with Crippen molar-refractivity contribution in [3.8, 4) is 0 Å². The number of ether oxygens (including phenoxy) is 2. The lowest BCUT2D eigenvalue weighted by atomic mass is 9.78. The van der Waals surface area contributed by atoms with Gasteiger partial charge in [-0.25, -0.2) is 0 Å². The molecule has 0 saturated carbocycles. The van der Waals surface area contributed by atoms with Crippen molar-refractivity contribution < 1.29 is 9.47 Å². The van der Waals surface area contributed by atoms with Crippen LogP contribution in [-0.4, -0.2) is 26.9 Å². The summed E-state index contributed by atoms with van der Waals surface area (Å²) in [5.41, 5.74) is 1.31. The molecule has 90 valence electrons. The minimum absolute atomic E-state index is 0.00847. The predicted octanol–water partition coefficient (Wildman–Crippen LogP) is 3.02. The van der Waals surface area contributed by atoms with Crippen molar-refractivity contribution in [3.63, 3.8) is 0 Å². The first-order chi connectivity index (χ1) is 7.62. The fourth-order valence-corrected chi connectivity index (χ4v) is 2.05. The van der Waals surface area contributed by atoms with Crippen LogP contribution in [0.15, 0.2) is 30.3 Å². The largest absolute Gasteiger partial charge is 0.385 e. The van der Waals surface area contributed by atoms with Crippen molar-refractivity contribution in [3.05, 3.63) is 35.9 Å². The maximum Gasteiger partial charge on any atom is 0.0684 e. The zero-order valence-electron chi connectivity index (χ0n) is 10.7. The van der Waals surface area contributed by atoms with Crippen molar-refractivity contribution >= 4 is 0 Å². The molecule has 0 fully saturated rings. The Morgan fingerprint density at radius 1 is 1.12 bits per heavy atom. The Bertz CT molecular complexity index is 293. The summed E-state index contributed by atoms with van der Waals surface area (Å²) < 4.78 is 10.7. The van der Waals surface area contributed by atoms with E-state index in [0.29, 0.717) is 0 Å². The second-order valence-electron chi connectivity index (χ2n) is 4.59. The summed E-state index contributed by atoms with van der Waals surface area (Å²) in [6.07, 6.45) is 1.09. The average Bonchev–Trinajstić information content (AvgIpc) is 2.31. The normalized spacial score (nSPS) is 13.8. The maximum atomic E-state index is 5.59. The molecule has 0 aliphatic carbocycles. The van der Waals surface area contributed by atoms with Gasteiger partial charge in [0, 0.05) is 26.2 Å². The first kappa shape index (κ1) is 13.2. The molecule has 0 amide bonds. The van der Waals surface area contributed by atoms with Crippen LogP contribution in [0.25, 0.3) is 0 Å². The smallest absolute Gasteiger partial charge is 0.0684 e. The van der Waals surface area contributed by atoms with Crippen LogP contribution in [0.1, 0.15) is 25.8 Å². The molecule has 0 radical (unpaired) electrons. The summed E-state index contributed by atoms with van der Waals surface area (Å²) in [7, 11) is 3.49. The highest BCUT2D eigenvalue weighted by molar-refractivity contribution is 5.25. The first-order valence-corrected chi connectivity index (χ1v) is 5.70. The van der Waals surface area contributed by atoms with Gasteiger partial charge in [-0.2, -0.15) is 0 Å². The van der Waals surface area contributed by atoms with Crippen LogP contribution in [0.3, 0.4) is 0 Å². The molecule has 2 nitrogen and oxygen atoms in total. The fourth-order valence-electron chi connectivity index (χ4n) is 2.05. The second kappa shape index (κ2) is 6.02. The van der Waals surface area contributed by atoms with Crippen LogP contribution in [0.4, 0.5) is 0 Å². The molecule has 0 heterocycles. The quantitative estimate of drug-likeness (QED) is 0.736. The van der Waals surface area contributed by atoms with Crippen molar-refractivity contribution in [2.24, 2.45) is 0 Å². The van der Waals surface area contributed by atoms with Gasteiger partial charge in [0.15, 0.2) is 0 Å². The molecule has 0 N–H and O–H groups in total. The van der Waals surface area contributed by atoms with Crippen LogP contribution in [0.2, 0.25) is 0 Å². The number of methoxy groups -OCH3 is 2.